The molecule has 1 aromatic heterocycles. The second kappa shape index (κ2) is 11.5. The standard InChI is InChI=1S/C16H26N4O.2ClH/c1-3-20(4-2)15-8-7-13(10-18-15)11-19-16(21)14-6-5-9-17-12-14;;/h7-8,10,14,17H,3-6,9,11-12H2,1-2H3,(H,19,21);2*1H. The normalized spacial score (nSPS) is 16.7. The van der Waals surface area contributed by atoms with Crippen LogP contribution in [0.5, 0.6) is 0 Å². The van der Waals surface area contributed by atoms with Gasteiger partial charge in [0.1, 0.15) is 5.82 Å². The Morgan fingerprint density at radius 2 is 2.09 bits per heavy atom. The Morgan fingerprint density at radius 3 is 2.61 bits per heavy atom. The highest BCUT2D eigenvalue weighted by atomic mass is 35.5. The molecule has 5 nitrogen and oxygen atoms in total. The minimum atomic E-state index is 0. The van der Waals surface area contributed by atoms with E-state index in [0.717, 1.165) is 50.4 Å². The number of halogens is 2. The van der Waals surface area contributed by atoms with Crippen molar-refractivity contribution in [3.8, 4) is 0 Å². The quantitative estimate of drug-likeness (QED) is 0.815. The second-order valence-corrected chi connectivity index (χ2v) is 5.46. The van der Waals surface area contributed by atoms with E-state index < -0.39 is 0 Å². The molecule has 1 atom stereocenters. The molecule has 1 saturated heterocycles. The minimum absolute atomic E-state index is 0. The predicted octanol–water partition coefficient (Wildman–Crippen LogP) is 2.39. The molecule has 1 fully saturated rings. The third-order valence-corrected chi connectivity index (χ3v) is 4.03. The van der Waals surface area contributed by atoms with Crippen molar-refractivity contribution >= 4 is 36.5 Å². The number of nitrogens with one attached hydrogen (secondary N) is 2. The summed E-state index contributed by atoms with van der Waals surface area (Å²) in [6, 6.07) is 4.07. The first-order chi connectivity index (χ1) is 10.2. The molecule has 1 aromatic rings. The van der Waals surface area contributed by atoms with Crippen LogP contribution in [0, 0.1) is 5.92 Å². The lowest BCUT2D eigenvalue weighted by Crippen LogP contribution is -2.40. The van der Waals surface area contributed by atoms with Crippen LogP contribution < -0.4 is 15.5 Å². The molecule has 0 bridgehead atoms. The molecule has 0 aromatic carbocycles. The largest absolute Gasteiger partial charge is 0.357 e. The minimum Gasteiger partial charge on any atom is -0.357 e. The van der Waals surface area contributed by atoms with E-state index in [1.54, 1.807) is 0 Å². The molecule has 0 aliphatic carbocycles. The van der Waals surface area contributed by atoms with Crippen molar-refractivity contribution < 1.29 is 4.79 Å². The fourth-order valence-corrected chi connectivity index (χ4v) is 2.67. The summed E-state index contributed by atoms with van der Waals surface area (Å²) in [4.78, 5) is 18.7. The molecular weight excluding hydrogens is 335 g/mol. The molecule has 2 rings (SSSR count). The van der Waals surface area contributed by atoms with Crippen LogP contribution in [0.15, 0.2) is 18.3 Å². The molecule has 0 spiro atoms. The summed E-state index contributed by atoms with van der Waals surface area (Å²) in [6.07, 6.45) is 3.92. The summed E-state index contributed by atoms with van der Waals surface area (Å²) in [5.41, 5.74) is 1.04. The van der Waals surface area contributed by atoms with Crippen molar-refractivity contribution in [2.45, 2.75) is 33.2 Å². The first-order valence-corrected chi connectivity index (χ1v) is 7.92. The van der Waals surface area contributed by atoms with Gasteiger partial charge in [0.2, 0.25) is 5.91 Å². The van der Waals surface area contributed by atoms with Crippen molar-refractivity contribution in [1.29, 1.82) is 0 Å². The Labute approximate surface area is 151 Å². The van der Waals surface area contributed by atoms with Crippen LogP contribution in [0.3, 0.4) is 0 Å². The molecule has 23 heavy (non-hydrogen) atoms. The van der Waals surface area contributed by atoms with E-state index in [1.165, 1.54) is 0 Å². The van der Waals surface area contributed by atoms with Gasteiger partial charge in [0.15, 0.2) is 0 Å². The van der Waals surface area contributed by atoms with Crippen molar-refractivity contribution in [2.75, 3.05) is 31.1 Å². The van der Waals surface area contributed by atoms with Gasteiger partial charge >= 0.3 is 0 Å². The van der Waals surface area contributed by atoms with E-state index in [9.17, 15) is 4.79 Å². The summed E-state index contributed by atoms with van der Waals surface area (Å²) in [7, 11) is 0. The van der Waals surface area contributed by atoms with Crippen LogP contribution in [0.25, 0.3) is 0 Å². The van der Waals surface area contributed by atoms with E-state index in [2.05, 4.69) is 34.4 Å². The van der Waals surface area contributed by atoms with Crippen molar-refractivity contribution in [3.05, 3.63) is 23.9 Å². The van der Waals surface area contributed by atoms with Crippen molar-refractivity contribution in [1.82, 2.24) is 15.6 Å². The molecule has 0 radical (unpaired) electrons. The highest BCUT2D eigenvalue weighted by molar-refractivity contribution is 5.85. The second-order valence-electron chi connectivity index (χ2n) is 5.46. The molecule has 1 aliphatic heterocycles. The predicted molar refractivity (Wildman–Crippen MR) is 99.7 cm³/mol. The maximum Gasteiger partial charge on any atom is 0.224 e. The van der Waals surface area contributed by atoms with E-state index in [1.807, 2.05) is 18.3 Å². The van der Waals surface area contributed by atoms with Gasteiger partial charge in [-0.05, 0) is 44.9 Å². The lowest BCUT2D eigenvalue weighted by molar-refractivity contribution is -0.125. The van der Waals surface area contributed by atoms with E-state index in [4.69, 9.17) is 0 Å². The monoisotopic (exact) mass is 362 g/mol. The average molecular weight is 363 g/mol. The summed E-state index contributed by atoms with van der Waals surface area (Å²) < 4.78 is 0. The number of nitrogens with zero attached hydrogens (tertiary/aromatic N) is 2. The number of anilines is 1. The van der Waals surface area contributed by atoms with Gasteiger partial charge in [0, 0.05) is 32.4 Å². The molecular formula is C16H28Cl2N4O. The third-order valence-electron chi connectivity index (χ3n) is 4.03. The number of aromatic nitrogens is 1. The van der Waals surface area contributed by atoms with Gasteiger partial charge in [-0.25, -0.2) is 4.98 Å². The number of pyridine rings is 1. The fraction of sp³-hybridized carbons (Fsp3) is 0.625. The zero-order chi connectivity index (χ0) is 15.1. The number of rotatable bonds is 6. The smallest absolute Gasteiger partial charge is 0.224 e. The number of piperidine rings is 1. The molecule has 7 heteroatoms. The van der Waals surface area contributed by atoms with Gasteiger partial charge in [-0.15, -0.1) is 24.8 Å². The highest BCUT2D eigenvalue weighted by Gasteiger charge is 2.20. The maximum atomic E-state index is 12.1. The SMILES string of the molecule is CCN(CC)c1ccc(CNC(=O)C2CCCNC2)cn1.Cl.Cl. The molecule has 132 valence electrons. The Kier molecular flexibility index (Phi) is 11.0. The molecule has 1 unspecified atom stereocenters. The van der Waals surface area contributed by atoms with Crippen LogP contribution >= 0.6 is 24.8 Å². The summed E-state index contributed by atoms with van der Waals surface area (Å²) in [5.74, 6) is 1.25. The molecule has 2 N–H and O–H groups in total. The van der Waals surface area contributed by atoms with Crippen LogP contribution in [0.1, 0.15) is 32.3 Å². The molecule has 1 aliphatic rings. The number of hydrogen-bond donors (Lipinski definition) is 2. The Bertz CT molecular complexity index is 446. The first kappa shape index (κ1) is 22.0. The van der Waals surface area contributed by atoms with E-state index in [-0.39, 0.29) is 36.6 Å². The van der Waals surface area contributed by atoms with E-state index >= 15 is 0 Å². The van der Waals surface area contributed by atoms with Gasteiger partial charge in [-0.2, -0.15) is 0 Å². The zero-order valence-corrected chi connectivity index (χ0v) is 15.5. The number of carbonyl (C=O) groups is 1. The van der Waals surface area contributed by atoms with Crippen LogP contribution in [0.4, 0.5) is 5.82 Å². The highest BCUT2D eigenvalue weighted by Crippen LogP contribution is 2.12. The maximum absolute atomic E-state index is 12.1. The summed E-state index contributed by atoms with van der Waals surface area (Å²) in [5, 5.41) is 6.28. The Balaban J connectivity index is 0.00000242. The van der Waals surface area contributed by atoms with Crippen LogP contribution in [-0.2, 0) is 11.3 Å². The first-order valence-electron chi connectivity index (χ1n) is 7.92. The molecule has 2 heterocycles. The number of hydrogen-bond acceptors (Lipinski definition) is 4. The van der Waals surface area contributed by atoms with Crippen LogP contribution in [0.2, 0.25) is 0 Å². The lowest BCUT2D eigenvalue weighted by Gasteiger charge is -2.22. The fourth-order valence-electron chi connectivity index (χ4n) is 2.67. The van der Waals surface area contributed by atoms with Crippen LogP contribution in [-0.4, -0.2) is 37.1 Å². The van der Waals surface area contributed by atoms with Gasteiger partial charge < -0.3 is 15.5 Å². The summed E-state index contributed by atoms with van der Waals surface area (Å²) in [6.45, 7) is 8.53. The third kappa shape index (κ3) is 6.53. The van der Waals surface area contributed by atoms with Gasteiger partial charge in [-0.3, -0.25) is 4.79 Å². The summed E-state index contributed by atoms with van der Waals surface area (Å²) >= 11 is 0. The molecule has 1 amide bonds. The molecule has 0 saturated carbocycles. The lowest BCUT2D eigenvalue weighted by atomic mass is 9.99. The number of carbonyl (C=O) groups excluding carboxylic acids is 1. The van der Waals surface area contributed by atoms with Gasteiger partial charge in [0.25, 0.3) is 0 Å². The van der Waals surface area contributed by atoms with Crippen molar-refractivity contribution in [2.24, 2.45) is 5.92 Å². The van der Waals surface area contributed by atoms with Crippen molar-refractivity contribution in [3.63, 3.8) is 0 Å². The zero-order valence-electron chi connectivity index (χ0n) is 13.9. The topological polar surface area (TPSA) is 57.3 Å². The average Bonchev–Trinajstić information content (AvgIpc) is 2.55. The number of amides is 1. The van der Waals surface area contributed by atoms with E-state index in [0.29, 0.717) is 6.54 Å². The Hall–Kier alpha value is -1.04. The van der Waals surface area contributed by atoms with Gasteiger partial charge in [0.05, 0.1) is 5.92 Å². The Morgan fingerprint density at radius 1 is 1.35 bits per heavy atom. The van der Waals surface area contributed by atoms with Gasteiger partial charge in [-0.1, -0.05) is 6.07 Å².